The molecule has 0 spiro atoms. The van der Waals surface area contributed by atoms with Gasteiger partial charge in [-0.1, -0.05) is 12.1 Å². The van der Waals surface area contributed by atoms with Crippen LogP contribution in [0.15, 0.2) is 36.4 Å². The van der Waals surface area contributed by atoms with Gasteiger partial charge in [0.1, 0.15) is 0 Å². The number of nitrogen functional groups attached to an aromatic ring is 1. The van der Waals surface area contributed by atoms with Gasteiger partial charge in [-0.05, 0) is 80.6 Å². The van der Waals surface area contributed by atoms with Crippen LogP contribution in [0.1, 0.15) is 36.1 Å². The molecule has 2 aromatic rings. The summed E-state index contributed by atoms with van der Waals surface area (Å²) in [6.45, 7) is 8.04. The van der Waals surface area contributed by atoms with Crippen LogP contribution in [0.25, 0.3) is 0 Å². The van der Waals surface area contributed by atoms with Crippen LogP contribution in [0, 0.1) is 13.8 Å². The summed E-state index contributed by atoms with van der Waals surface area (Å²) in [7, 11) is 0. The summed E-state index contributed by atoms with van der Waals surface area (Å²) in [5.74, 6) is 0. The van der Waals surface area contributed by atoms with Gasteiger partial charge in [-0.15, -0.1) is 0 Å². The van der Waals surface area contributed by atoms with E-state index >= 15 is 0 Å². The lowest BCUT2D eigenvalue weighted by Crippen LogP contribution is -2.34. The molecule has 2 amide bonds. The lowest BCUT2D eigenvalue weighted by Gasteiger charge is -2.13. The zero-order valence-electron chi connectivity index (χ0n) is 14.2. The summed E-state index contributed by atoms with van der Waals surface area (Å²) >= 11 is 0. The van der Waals surface area contributed by atoms with E-state index in [1.165, 1.54) is 22.3 Å². The molecule has 0 saturated carbocycles. The highest BCUT2D eigenvalue weighted by molar-refractivity contribution is 5.89. The van der Waals surface area contributed by atoms with E-state index in [1.54, 1.807) is 0 Å². The van der Waals surface area contributed by atoms with Crippen molar-refractivity contribution in [1.82, 2.24) is 5.32 Å². The van der Waals surface area contributed by atoms with Crippen LogP contribution in [0.3, 0.4) is 0 Å². The van der Waals surface area contributed by atoms with Gasteiger partial charge in [-0.25, -0.2) is 4.79 Å². The number of nitrogens with two attached hydrogens (primary N) is 1. The minimum absolute atomic E-state index is 0.116. The van der Waals surface area contributed by atoms with Crippen LogP contribution >= 0.6 is 0 Å². The molecule has 0 fully saturated rings. The summed E-state index contributed by atoms with van der Waals surface area (Å²) in [5, 5.41) is 5.63. The van der Waals surface area contributed by atoms with Crippen molar-refractivity contribution in [1.29, 1.82) is 0 Å². The minimum atomic E-state index is -0.182. The molecule has 0 aliphatic heterocycles. The first-order valence-corrected chi connectivity index (χ1v) is 7.87. The molecule has 2 aromatic carbocycles. The maximum Gasteiger partial charge on any atom is 0.319 e. The van der Waals surface area contributed by atoms with Gasteiger partial charge in [0.05, 0.1) is 0 Å². The maximum atomic E-state index is 11.7. The summed E-state index contributed by atoms with van der Waals surface area (Å²) in [5.41, 5.74) is 12.4. The number of aryl methyl sites for hydroxylation is 2. The predicted molar refractivity (Wildman–Crippen MR) is 96.9 cm³/mol. The molecule has 0 unspecified atom stereocenters. The average molecular weight is 311 g/mol. The largest absolute Gasteiger partial charge is 0.399 e. The molecular formula is C19H25N3O. The van der Waals surface area contributed by atoms with Crippen LogP contribution < -0.4 is 16.4 Å². The Bertz CT molecular complexity index is 667. The van der Waals surface area contributed by atoms with E-state index in [4.69, 9.17) is 5.73 Å². The van der Waals surface area contributed by atoms with E-state index in [2.05, 4.69) is 24.5 Å². The molecule has 2 rings (SSSR count). The Morgan fingerprint density at radius 1 is 1.09 bits per heavy atom. The second kappa shape index (κ2) is 7.18. The smallest absolute Gasteiger partial charge is 0.319 e. The fourth-order valence-corrected chi connectivity index (χ4v) is 2.65. The molecule has 0 atom stereocenters. The number of rotatable bonds is 4. The average Bonchev–Trinajstić information content (AvgIpc) is 2.43. The molecule has 23 heavy (non-hydrogen) atoms. The topological polar surface area (TPSA) is 67.1 Å². The standard InChI is InChI=1S/C19H25N3O/c1-12(2)21-19(23)22-17-7-5-15(6-8-17)11-18-13(3)9-16(20)10-14(18)4/h5-10,12H,11,20H2,1-4H3,(H2,21,22,23). The zero-order valence-corrected chi connectivity index (χ0v) is 14.2. The summed E-state index contributed by atoms with van der Waals surface area (Å²) in [6.07, 6.45) is 0.858. The van der Waals surface area contributed by atoms with E-state index in [0.717, 1.165) is 17.8 Å². The fraction of sp³-hybridized carbons (Fsp3) is 0.316. The summed E-state index contributed by atoms with van der Waals surface area (Å²) in [6, 6.07) is 11.9. The molecule has 0 heterocycles. The lowest BCUT2D eigenvalue weighted by molar-refractivity contribution is 0.250. The fourth-order valence-electron chi connectivity index (χ4n) is 2.65. The number of nitrogens with one attached hydrogen (secondary N) is 2. The zero-order chi connectivity index (χ0) is 17.0. The van der Waals surface area contributed by atoms with Gasteiger partial charge >= 0.3 is 6.03 Å². The highest BCUT2D eigenvalue weighted by Crippen LogP contribution is 2.22. The molecule has 4 N–H and O–H groups in total. The molecule has 4 nitrogen and oxygen atoms in total. The van der Waals surface area contributed by atoms with Crippen molar-refractivity contribution < 1.29 is 4.79 Å². The third-order valence-electron chi connectivity index (χ3n) is 3.73. The highest BCUT2D eigenvalue weighted by atomic mass is 16.2. The van der Waals surface area contributed by atoms with Crippen molar-refractivity contribution >= 4 is 17.4 Å². The predicted octanol–water partition coefficient (Wildman–Crippen LogP) is 4.01. The monoisotopic (exact) mass is 311 g/mol. The number of hydrogen-bond acceptors (Lipinski definition) is 2. The first-order valence-electron chi connectivity index (χ1n) is 7.87. The van der Waals surface area contributed by atoms with Gasteiger partial charge in [0, 0.05) is 17.4 Å². The minimum Gasteiger partial charge on any atom is -0.399 e. The van der Waals surface area contributed by atoms with Crippen LogP contribution in [0.2, 0.25) is 0 Å². The SMILES string of the molecule is Cc1cc(N)cc(C)c1Cc1ccc(NC(=O)NC(C)C)cc1. The van der Waals surface area contributed by atoms with E-state index < -0.39 is 0 Å². The number of amides is 2. The van der Waals surface area contributed by atoms with Crippen LogP contribution in [-0.4, -0.2) is 12.1 Å². The van der Waals surface area contributed by atoms with Gasteiger partial charge in [-0.2, -0.15) is 0 Å². The van der Waals surface area contributed by atoms with Gasteiger partial charge in [0.15, 0.2) is 0 Å². The van der Waals surface area contributed by atoms with E-state index in [0.29, 0.717) is 0 Å². The molecule has 0 radical (unpaired) electrons. The molecule has 0 aliphatic rings. The second-order valence-corrected chi connectivity index (χ2v) is 6.26. The first-order chi connectivity index (χ1) is 10.8. The number of anilines is 2. The first kappa shape index (κ1) is 16.9. The highest BCUT2D eigenvalue weighted by Gasteiger charge is 2.07. The summed E-state index contributed by atoms with van der Waals surface area (Å²) in [4.78, 5) is 11.7. The second-order valence-electron chi connectivity index (χ2n) is 6.26. The Hall–Kier alpha value is -2.49. The Labute approximate surface area is 138 Å². The number of carbonyl (C=O) groups is 1. The molecular weight excluding hydrogens is 286 g/mol. The molecule has 0 aliphatic carbocycles. The molecule has 0 aromatic heterocycles. The van der Waals surface area contributed by atoms with Crippen molar-refractivity contribution in [2.24, 2.45) is 0 Å². The van der Waals surface area contributed by atoms with Crippen LogP contribution in [0.4, 0.5) is 16.2 Å². The summed E-state index contributed by atoms with van der Waals surface area (Å²) < 4.78 is 0. The van der Waals surface area contributed by atoms with E-state index in [1.807, 2.05) is 50.2 Å². The van der Waals surface area contributed by atoms with Gasteiger partial charge in [0.2, 0.25) is 0 Å². The third kappa shape index (κ3) is 4.74. The maximum absolute atomic E-state index is 11.7. The number of urea groups is 1. The molecule has 122 valence electrons. The molecule has 0 saturated heterocycles. The normalized spacial score (nSPS) is 10.7. The van der Waals surface area contributed by atoms with Crippen LogP contribution in [0.5, 0.6) is 0 Å². The van der Waals surface area contributed by atoms with E-state index in [9.17, 15) is 4.79 Å². The Morgan fingerprint density at radius 3 is 2.17 bits per heavy atom. The van der Waals surface area contributed by atoms with E-state index in [-0.39, 0.29) is 12.1 Å². The van der Waals surface area contributed by atoms with Crippen molar-refractivity contribution in [3.8, 4) is 0 Å². The van der Waals surface area contributed by atoms with Crippen LogP contribution in [-0.2, 0) is 6.42 Å². The number of benzene rings is 2. The Balaban J connectivity index is 2.07. The van der Waals surface area contributed by atoms with Crippen molar-refractivity contribution in [3.63, 3.8) is 0 Å². The van der Waals surface area contributed by atoms with Gasteiger partial charge in [-0.3, -0.25) is 0 Å². The molecule has 0 bridgehead atoms. The van der Waals surface area contributed by atoms with Gasteiger partial charge < -0.3 is 16.4 Å². The quantitative estimate of drug-likeness (QED) is 0.747. The van der Waals surface area contributed by atoms with Crippen molar-refractivity contribution in [2.45, 2.75) is 40.2 Å². The third-order valence-corrected chi connectivity index (χ3v) is 3.73. The lowest BCUT2D eigenvalue weighted by atomic mass is 9.95. The number of hydrogen-bond donors (Lipinski definition) is 3. The van der Waals surface area contributed by atoms with Crippen molar-refractivity contribution in [3.05, 3.63) is 58.7 Å². The van der Waals surface area contributed by atoms with Gasteiger partial charge in [0.25, 0.3) is 0 Å². The number of carbonyl (C=O) groups excluding carboxylic acids is 1. The Morgan fingerprint density at radius 2 is 1.65 bits per heavy atom. The molecule has 4 heteroatoms. The van der Waals surface area contributed by atoms with Crippen molar-refractivity contribution in [2.75, 3.05) is 11.1 Å². The Kier molecular flexibility index (Phi) is 5.27.